The quantitative estimate of drug-likeness (QED) is 0.0427. The SMILES string of the molecule is [2H]N1C2CCC1(CCCC)CN(c1nc(OC[C@@]34CCCN3[C@H](COC(=O)Oc3ccc([N+](=O)[O-])cc3)CC4)nc3c(F)c(-c4cccc5ccc(F)c(C#C)c45)ncc13)C2. The number of ether oxygens (including phenoxy) is 3. The van der Waals surface area contributed by atoms with Crippen LogP contribution in [0, 0.1) is 34.1 Å². The van der Waals surface area contributed by atoms with Gasteiger partial charge in [0.2, 0.25) is 0 Å². The maximum Gasteiger partial charge on any atom is 0.513 e. The van der Waals surface area contributed by atoms with Crippen molar-refractivity contribution in [1.29, 1.82) is 0 Å². The maximum absolute atomic E-state index is 17.3. The molecule has 0 amide bonds. The van der Waals surface area contributed by atoms with Crippen LogP contribution in [0.3, 0.4) is 0 Å². The largest absolute Gasteiger partial charge is 0.513 e. The molecule has 0 radical (unpaired) electrons. The number of aromatic nitrogens is 3. The molecule has 60 heavy (non-hydrogen) atoms. The lowest BCUT2D eigenvalue weighted by Gasteiger charge is -2.42. The number of carbonyl (C=O) groups is 1. The van der Waals surface area contributed by atoms with E-state index in [-0.39, 0.29) is 65.1 Å². The van der Waals surface area contributed by atoms with Crippen LogP contribution in [0.1, 0.15) is 70.3 Å². The van der Waals surface area contributed by atoms with Crippen LogP contribution in [0.15, 0.2) is 60.8 Å². The van der Waals surface area contributed by atoms with Gasteiger partial charge in [0.05, 0.1) is 21.4 Å². The molecule has 2 aromatic heterocycles. The number of benzene rings is 3. The minimum atomic E-state index is -0.907. The van der Waals surface area contributed by atoms with E-state index < -0.39 is 28.3 Å². The molecule has 2 bridgehead atoms. The summed E-state index contributed by atoms with van der Waals surface area (Å²) in [6.07, 6.45) is 14.2. The van der Waals surface area contributed by atoms with Gasteiger partial charge in [0, 0.05) is 60.0 Å². The van der Waals surface area contributed by atoms with Gasteiger partial charge in [0.1, 0.15) is 43.2 Å². The van der Waals surface area contributed by atoms with Crippen molar-refractivity contribution >= 4 is 39.3 Å². The smallest absolute Gasteiger partial charge is 0.461 e. The van der Waals surface area contributed by atoms with Crippen LogP contribution in [-0.2, 0) is 4.74 Å². The number of hydrogen-bond donors (Lipinski definition) is 1. The number of pyridine rings is 1. The van der Waals surface area contributed by atoms with Crippen molar-refractivity contribution < 1.29 is 34.1 Å². The number of fused-ring (bicyclic) bond motifs is 5. The zero-order chi connectivity index (χ0) is 42.5. The highest BCUT2D eigenvalue weighted by Crippen LogP contribution is 2.44. The summed E-state index contributed by atoms with van der Waals surface area (Å²) in [6, 6.07) is 13.2. The van der Waals surface area contributed by atoms with Crippen molar-refractivity contribution in [2.45, 2.75) is 87.9 Å². The van der Waals surface area contributed by atoms with Gasteiger partial charge >= 0.3 is 12.2 Å². The Hall–Kier alpha value is -5.98. The fraction of sp³-hybridized carbons (Fsp3) is 0.422. The van der Waals surface area contributed by atoms with Gasteiger partial charge < -0.3 is 24.4 Å². The number of nitro benzene ring substituents is 1. The van der Waals surface area contributed by atoms with Crippen LogP contribution in [0.5, 0.6) is 11.8 Å². The summed E-state index contributed by atoms with van der Waals surface area (Å²) >= 11 is 0. The van der Waals surface area contributed by atoms with E-state index in [1.165, 1.54) is 30.3 Å². The third kappa shape index (κ3) is 7.21. The van der Waals surface area contributed by atoms with E-state index in [1.54, 1.807) is 35.8 Å². The normalized spacial score (nSPS) is 24.0. The number of nitrogens with zero attached hydrogens (tertiary/aromatic N) is 6. The summed E-state index contributed by atoms with van der Waals surface area (Å²) in [5, 5.41) is 14.2. The van der Waals surface area contributed by atoms with Gasteiger partial charge in [-0.3, -0.25) is 20.0 Å². The molecule has 4 aliphatic rings. The molecule has 0 aliphatic carbocycles. The first-order valence-electron chi connectivity index (χ1n) is 21.0. The molecule has 0 spiro atoms. The minimum Gasteiger partial charge on any atom is -0.461 e. The fourth-order valence-electron chi connectivity index (χ4n) is 9.94. The average Bonchev–Trinajstić information content (AvgIpc) is 3.88. The first-order chi connectivity index (χ1) is 29.5. The second-order valence-electron chi connectivity index (χ2n) is 16.4. The van der Waals surface area contributed by atoms with Gasteiger partial charge in [-0.25, -0.2) is 13.6 Å². The monoisotopic (exact) mass is 818 g/mol. The Bertz CT molecular complexity index is 2580. The predicted octanol–water partition coefficient (Wildman–Crippen LogP) is 8.11. The van der Waals surface area contributed by atoms with Gasteiger partial charge in [0.15, 0.2) is 5.82 Å². The highest BCUT2D eigenvalue weighted by atomic mass is 19.1. The summed E-state index contributed by atoms with van der Waals surface area (Å²) in [5.74, 6) is 1.75. The first-order valence-corrected chi connectivity index (χ1v) is 20.6. The molecule has 310 valence electrons. The van der Waals surface area contributed by atoms with E-state index in [2.05, 4.69) is 27.6 Å². The molecular weight excluding hydrogens is 773 g/mol. The fourth-order valence-corrected chi connectivity index (χ4v) is 9.94. The first kappa shape index (κ1) is 38.2. The van der Waals surface area contributed by atoms with E-state index in [0.717, 1.165) is 64.3 Å². The van der Waals surface area contributed by atoms with Crippen LogP contribution >= 0.6 is 0 Å². The number of rotatable bonds is 12. The number of nitrogens with one attached hydrogen (secondary N) is 1. The Morgan fingerprint density at radius 2 is 1.98 bits per heavy atom. The number of terminal acetylenes is 1. The summed E-state index contributed by atoms with van der Waals surface area (Å²) in [7, 11) is 0. The molecule has 4 aliphatic heterocycles. The molecule has 1 N–H and O–H groups in total. The molecule has 4 saturated heterocycles. The molecule has 13 nitrogen and oxygen atoms in total. The molecular formula is C45H45F2N7O6. The lowest BCUT2D eigenvalue weighted by atomic mass is 9.90. The third-order valence-corrected chi connectivity index (χ3v) is 12.8. The van der Waals surface area contributed by atoms with E-state index in [0.29, 0.717) is 40.6 Å². The number of anilines is 1. The van der Waals surface area contributed by atoms with Crippen molar-refractivity contribution in [1.82, 2.24) is 25.2 Å². The van der Waals surface area contributed by atoms with Crippen LogP contribution in [0.2, 0.25) is 1.41 Å². The summed E-state index contributed by atoms with van der Waals surface area (Å²) in [5.41, 5.74) is -0.571. The zero-order valence-corrected chi connectivity index (χ0v) is 33.2. The van der Waals surface area contributed by atoms with E-state index in [1.807, 2.05) is 0 Å². The molecule has 4 atom stereocenters. The molecule has 4 fully saturated rings. The predicted molar refractivity (Wildman–Crippen MR) is 221 cm³/mol. The van der Waals surface area contributed by atoms with E-state index >= 15 is 8.78 Å². The van der Waals surface area contributed by atoms with E-state index in [4.69, 9.17) is 32.0 Å². The number of nitro groups is 1. The summed E-state index contributed by atoms with van der Waals surface area (Å²) < 4.78 is 58.7. The van der Waals surface area contributed by atoms with Crippen LogP contribution in [0.4, 0.5) is 25.1 Å². The topological polar surface area (TPSA) is 145 Å². The minimum absolute atomic E-state index is 0.00249. The Morgan fingerprint density at radius 1 is 1.13 bits per heavy atom. The van der Waals surface area contributed by atoms with Crippen molar-refractivity contribution in [3.63, 3.8) is 0 Å². The molecule has 0 saturated carbocycles. The van der Waals surface area contributed by atoms with Crippen LogP contribution < -0.4 is 19.7 Å². The van der Waals surface area contributed by atoms with Crippen molar-refractivity contribution in [2.24, 2.45) is 0 Å². The van der Waals surface area contributed by atoms with Crippen LogP contribution in [0.25, 0.3) is 32.9 Å². The van der Waals surface area contributed by atoms with Crippen LogP contribution in [-0.4, -0.2) is 86.9 Å². The Balaban J connectivity index is 1.02. The number of piperazine rings is 1. The van der Waals surface area contributed by atoms with Crippen molar-refractivity contribution in [2.75, 3.05) is 37.7 Å². The average molecular weight is 819 g/mol. The van der Waals surface area contributed by atoms with Gasteiger partial charge in [0.25, 0.3) is 5.69 Å². The zero-order valence-electron chi connectivity index (χ0n) is 34.2. The molecule has 15 heteroatoms. The standard InChI is InChI=1S/C45H45F2N7O6/c1-3-5-18-44-20-16-29(51-44)24-52(26-44)41-35-23-48-39(34-9-6-8-28-10-15-36(46)33(4-2)37(28)34)38(47)40(35)49-42(50-41)59-27-45-19-7-22-53(45)31(17-21-45)25-58-43(55)60-32-13-11-30(12-14-32)54(56)57/h2,6,8-15,23,29,31,51H,3,5,7,16-22,24-27H2,1H3/t29?,31-,44?,45-/m0/s1/i/hD. The van der Waals surface area contributed by atoms with Crippen molar-refractivity contribution in [3.8, 4) is 35.4 Å². The Morgan fingerprint density at radius 3 is 2.78 bits per heavy atom. The van der Waals surface area contributed by atoms with Gasteiger partial charge in [-0.1, -0.05) is 50.0 Å². The summed E-state index contributed by atoms with van der Waals surface area (Å²) in [4.78, 5) is 41.8. The second kappa shape index (κ2) is 15.9. The van der Waals surface area contributed by atoms with Gasteiger partial charge in [-0.2, -0.15) is 9.97 Å². The molecule has 5 aromatic rings. The van der Waals surface area contributed by atoms with Gasteiger partial charge in [-0.05, 0) is 75.1 Å². The Labute approximate surface area is 347 Å². The Kier molecular flexibility index (Phi) is 10.1. The van der Waals surface area contributed by atoms with Crippen molar-refractivity contribution in [3.05, 3.63) is 88.1 Å². The molecule has 6 heterocycles. The number of hydrogen-bond acceptors (Lipinski definition) is 12. The third-order valence-electron chi connectivity index (χ3n) is 12.8. The number of non-ortho nitro benzene ring substituents is 1. The lowest BCUT2D eigenvalue weighted by Crippen LogP contribution is -2.59. The maximum atomic E-state index is 17.3. The molecule has 2 unspecified atom stereocenters. The van der Waals surface area contributed by atoms with E-state index in [9.17, 15) is 14.9 Å². The molecule has 9 rings (SSSR count). The van der Waals surface area contributed by atoms with Gasteiger partial charge in [-0.15, -0.1) is 6.42 Å². The lowest BCUT2D eigenvalue weighted by molar-refractivity contribution is -0.384. The highest BCUT2D eigenvalue weighted by molar-refractivity contribution is 6.02. The number of halogens is 2. The second-order valence-corrected chi connectivity index (χ2v) is 16.4. The molecule has 3 aromatic carbocycles. The highest BCUT2D eigenvalue weighted by Gasteiger charge is 2.50. The number of carbonyl (C=O) groups excluding carboxylic acids is 1. The number of unbranched alkanes of at least 4 members (excludes halogenated alkanes) is 1. The summed E-state index contributed by atoms with van der Waals surface area (Å²) in [6.45, 7) is 4.23.